The second kappa shape index (κ2) is 11.8. The summed E-state index contributed by atoms with van der Waals surface area (Å²) in [6.45, 7) is 1.44. The van der Waals surface area contributed by atoms with E-state index in [0.717, 1.165) is 13.2 Å². The van der Waals surface area contributed by atoms with Gasteiger partial charge in [-0.1, -0.05) is 0 Å². The summed E-state index contributed by atoms with van der Waals surface area (Å²) in [5.74, 6) is 0. The van der Waals surface area contributed by atoms with Gasteiger partial charge in [0.05, 0.1) is 0 Å². The second-order valence-corrected chi connectivity index (χ2v) is 2.46. The van der Waals surface area contributed by atoms with Gasteiger partial charge in [-0.2, -0.15) is 0 Å². The van der Waals surface area contributed by atoms with Crippen LogP contribution in [-0.2, 0) is 14.2 Å². The normalized spacial score (nSPS) is 18.0. The summed E-state index contributed by atoms with van der Waals surface area (Å²) in [7, 11) is 0. The quantitative estimate of drug-likeness (QED) is 0.608. The summed E-state index contributed by atoms with van der Waals surface area (Å²) in [5.41, 5.74) is 0. The Kier molecular flexibility index (Phi) is 11.6. The van der Waals surface area contributed by atoms with Crippen LogP contribution in [0.2, 0.25) is 0 Å². The molecule has 1 rings (SSSR count). The molecule has 1 fully saturated rings. The van der Waals surface area contributed by atoms with Gasteiger partial charge in [-0.25, -0.2) is 0 Å². The maximum Gasteiger partial charge on any atom is 0.146 e. The first kappa shape index (κ1) is 12.8. The highest BCUT2D eigenvalue weighted by Crippen LogP contribution is 1.99. The van der Waals surface area contributed by atoms with Gasteiger partial charge in [0.2, 0.25) is 0 Å². The third-order valence-corrected chi connectivity index (χ3v) is 1.43. The van der Waals surface area contributed by atoms with Gasteiger partial charge in [-0.15, -0.1) is 0 Å². The van der Waals surface area contributed by atoms with Crippen LogP contribution in [-0.4, -0.2) is 43.8 Å². The highest BCUT2D eigenvalue weighted by Gasteiger charge is 1.94. The highest BCUT2D eigenvalue weighted by molar-refractivity contribution is 4.41. The molecule has 0 aliphatic carbocycles. The van der Waals surface area contributed by atoms with E-state index in [2.05, 4.69) is 4.74 Å². The van der Waals surface area contributed by atoms with Crippen LogP contribution in [0.5, 0.6) is 0 Å². The van der Waals surface area contributed by atoms with E-state index in [0.29, 0.717) is 6.79 Å². The number of aliphatic hydroxyl groups is 2. The second-order valence-electron chi connectivity index (χ2n) is 2.46. The van der Waals surface area contributed by atoms with Crippen molar-refractivity contribution in [1.82, 2.24) is 0 Å². The SMILES string of the molecule is C1CCOCOCC1.OCOCO. The van der Waals surface area contributed by atoms with Gasteiger partial charge in [-0.3, -0.25) is 0 Å². The van der Waals surface area contributed by atoms with E-state index in [1.54, 1.807) is 0 Å². The number of rotatable bonds is 2. The molecule has 0 aromatic rings. The van der Waals surface area contributed by atoms with Crippen molar-refractivity contribution in [2.45, 2.75) is 19.3 Å². The molecule has 80 valence electrons. The van der Waals surface area contributed by atoms with Crippen molar-refractivity contribution in [3.8, 4) is 0 Å². The number of hydrogen-bond acceptors (Lipinski definition) is 5. The van der Waals surface area contributed by atoms with E-state index in [1.807, 2.05) is 0 Å². The van der Waals surface area contributed by atoms with Gasteiger partial charge in [0.15, 0.2) is 0 Å². The fourth-order valence-corrected chi connectivity index (χ4v) is 0.803. The molecule has 0 saturated carbocycles. The topological polar surface area (TPSA) is 68.2 Å². The summed E-state index contributed by atoms with van der Waals surface area (Å²) in [6.07, 6.45) is 3.65. The summed E-state index contributed by atoms with van der Waals surface area (Å²) in [4.78, 5) is 0. The minimum atomic E-state index is -0.406. The zero-order chi connectivity index (χ0) is 9.78. The molecule has 0 spiro atoms. The highest BCUT2D eigenvalue weighted by atomic mass is 16.7. The lowest BCUT2D eigenvalue weighted by molar-refractivity contribution is -0.0763. The van der Waals surface area contributed by atoms with Crippen LogP contribution in [0.1, 0.15) is 19.3 Å². The lowest BCUT2D eigenvalue weighted by Crippen LogP contribution is -2.06. The Morgan fingerprint density at radius 3 is 1.85 bits per heavy atom. The molecule has 1 heterocycles. The predicted molar refractivity (Wildman–Crippen MR) is 45.9 cm³/mol. The Bertz CT molecular complexity index is 62.6. The Labute approximate surface area is 78.2 Å². The lowest BCUT2D eigenvalue weighted by atomic mass is 10.2. The molecular weight excluding hydrogens is 176 g/mol. The predicted octanol–water partition coefficient (Wildman–Crippen LogP) is 0.0636. The van der Waals surface area contributed by atoms with Gasteiger partial charge in [0.1, 0.15) is 20.4 Å². The van der Waals surface area contributed by atoms with E-state index in [9.17, 15) is 0 Å². The minimum absolute atomic E-state index is 0.406. The molecule has 1 saturated heterocycles. The Morgan fingerprint density at radius 2 is 1.46 bits per heavy atom. The van der Waals surface area contributed by atoms with E-state index < -0.39 is 13.6 Å². The molecule has 1 aliphatic rings. The fourth-order valence-electron chi connectivity index (χ4n) is 0.803. The largest absolute Gasteiger partial charge is 0.371 e. The number of aliphatic hydroxyl groups excluding tert-OH is 2. The van der Waals surface area contributed by atoms with Crippen LogP contribution in [0, 0.1) is 0 Å². The van der Waals surface area contributed by atoms with E-state index in [4.69, 9.17) is 19.7 Å². The van der Waals surface area contributed by atoms with Gasteiger partial charge < -0.3 is 24.4 Å². The molecule has 0 unspecified atom stereocenters. The molecule has 0 radical (unpaired) electrons. The van der Waals surface area contributed by atoms with Crippen molar-refractivity contribution in [1.29, 1.82) is 0 Å². The van der Waals surface area contributed by atoms with Crippen molar-refractivity contribution >= 4 is 0 Å². The molecule has 2 N–H and O–H groups in total. The molecule has 0 aromatic heterocycles. The zero-order valence-corrected chi connectivity index (χ0v) is 7.78. The average molecular weight is 194 g/mol. The van der Waals surface area contributed by atoms with Gasteiger partial charge >= 0.3 is 0 Å². The summed E-state index contributed by atoms with van der Waals surface area (Å²) in [5, 5.41) is 15.4. The van der Waals surface area contributed by atoms with Crippen molar-refractivity contribution in [3.63, 3.8) is 0 Å². The monoisotopic (exact) mass is 194 g/mol. The van der Waals surface area contributed by atoms with Crippen LogP contribution in [0.15, 0.2) is 0 Å². The Morgan fingerprint density at radius 1 is 0.923 bits per heavy atom. The number of hydrogen-bond donors (Lipinski definition) is 2. The van der Waals surface area contributed by atoms with Crippen molar-refractivity contribution in [2.24, 2.45) is 0 Å². The van der Waals surface area contributed by atoms with Crippen LogP contribution >= 0.6 is 0 Å². The molecule has 5 nitrogen and oxygen atoms in total. The summed E-state index contributed by atoms with van der Waals surface area (Å²) >= 11 is 0. The summed E-state index contributed by atoms with van der Waals surface area (Å²) in [6, 6.07) is 0. The first-order valence-electron chi connectivity index (χ1n) is 4.36. The standard InChI is InChI=1S/C6H12O2.C2H6O3/c1-2-4-7-6-8-5-3-1;3-1-5-2-4/h1-6H2;3-4H,1-2H2. The maximum atomic E-state index is 7.68. The van der Waals surface area contributed by atoms with Gasteiger partial charge in [0.25, 0.3) is 0 Å². The molecular formula is C8H18O5. The van der Waals surface area contributed by atoms with Crippen LogP contribution in [0.25, 0.3) is 0 Å². The molecule has 0 bridgehead atoms. The Balaban J connectivity index is 0.000000252. The number of ether oxygens (including phenoxy) is 3. The first-order chi connectivity index (χ1) is 6.41. The van der Waals surface area contributed by atoms with Crippen molar-refractivity contribution < 1.29 is 24.4 Å². The van der Waals surface area contributed by atoms with E-state index >= 15 is 0 Å². The fraction of sp³-hybridized carbons (Fsp3) is 1.00. The molecule has 5 heteroatoms. The maximum absolute atomic E-state index is 7.68. The van der Waals surface area contributed by atoms with Crippen LogP contribution in [0.4, 0.5) is 0 Å². The van der Waals surface area contributed by atoms with Crippen molar-refractivity contribution in [2.75, 3.05) is 33.6 Å². The van der Waals surface area contributed by atoms with Gasteiger partial charge in [-0.05, 0) is 19.3 Å². The van der Waals surface area contributed by atoms with E-state index in [-0.39, 0.29) is 0 Å². The van der Waals surface area contributed by atoms with Gasteiger partial charge in [0, 0.05) is 13.2 Å². The first-order valence-corrected chi connectivity index (χ1v) is 4.36. The molecule has 0 atom stereocenters. The molecule has 1 aliphatic heterocycles. The van der Waals surface area contributed by atoms with Crippen LogP contribution < -0.4 is 0 Å². The third-order valence-electron chi connectivity index (χ3n) is 1.43. The third kappa shape index (κ3) is 11.8. The molecule has 0 amide bonds. The molecule has 0 aromatic carbocycles. The lowest BCUT2D eigenvalue weighted by Gasteiger charge is -2.08. The van der Waals surface area contributed by atoms with E-state index in [1.165, 1.54) is 19.3 Å². The van der Waals surface area contributed by atoms with Crippen LogP contribution in [0.3, 0.4) is 0 Å². The molecule has 13 heavy (non-hydrogen) atoms. The summed E-state index contributed by atoms with van der Waals surface area (Å²) < 4.78 is 14.0. The minimum Gasteiger partial charge on any atom is -0.371 e. The Hall–Kier alpha value is -0.200. The smallest absolute Gasteiger partial charge is 0.146 e. The zero-order valence-electron chi connectivity index (χ0n) is 7.78. The van der Waals surface area contributed by atoms with Crippen molar-refractivity contribution in [3.05, 3.63) is 0 Å². The average Bonchev–Trinajstić information content (AvgIpc) is 2.05.